The van der Waals surface area contributed by atoms with Crippen molar-refractivity contribution < 1.29 is 4.42 Å². The molecule has 0 aliphatic heterocycles. The van der Waals surface area contributed by atoms with Crippen LogP contribution in [0, 0.1) is 13.8 Å². The second-order valence-electron chi connectivity index (χ2n) is 5.17. The Bertz CT molecular complexity index is 590. The van der Waals surface area contributed by atoms with Gasteiger partial charge in [-0.2, -0.15) is 0 Å². The molecule has 2 aromatic rings. The van der Waals surface area contributed by atoms with E-state index in [9.17, 15) is 0 Å². The van der Waals surface area contributed by atoms with Crippen LogP contribution in [0.5, 0.6) is 0 Å². The van der Waals surface area contributed by atoms with Crippen molar-refractivity contribution in [2.24, 2.45) is 0 Å². The predicted octanol–water partition coefficient (Wildman–Crippen LogP) is 3.46. The van der Waals surface area contributed by atoms with Crippen molar-refractivity contribution in [3.63, 3.8) is 0 Å². The van der Waals surface area contributed by atoms with Crippen molar-refractivity contribution in [3.05, 3.63) is 35.0 Å². The molecule has 0 unspecified atom stereocenters. The number of hydrogen-bond donors (Lipinski definition) is 2. The minimum absolute atomic E-state index is 0.286. The van der Waals surface area contributed by atoms with Crippen molar-refractivity contribution in [1.82, 2.24) is 9.97 Å². The van der Waals surface area contributed by atoms with Gasteiger partial charge in [0.15, 0.2) is 0 Å². The van der Waals surface area contributed by atoms with Crippen molar-refractivity contribution in [2.45, 2.75) is 40.2 Å². The first-order chi connectivity index (χ1) is 9.51. The van der Waals surface area contributed by atoms with E-state index < -0.39 is 0 Å². The van der Waals surface area contributed by atoms with Crippen molar-refractivity contribution in [2.75, 3.05) is 17.7 Å². The van der Waals surface area contributed by atoms with E-state index in [1.165, 1.54) is 0 Å². The Morgan fingerprint density at radius 2 is 1.85 bits per heavy atom. The Hall–Kier alpha value is -2.04. The first kappa shape index (κ1) is 14.4. The minimum Gasteiger partial charge on any atom is -0.465 e. The normalized spacial score (nSPS) is 10.9. The highest BCUT2D eigenvalue weighted by Crippen LogP contribution is 2.23. The van der Waals surface area contributed by atoms with Gasteiger partial charge in [-0.1, -0.05) is 13.8 Å². The highest BCUT2D eigenvalue weighted by Gasteiger charge is 2.12. The molecule has 0 radical (unpaired) electrons. The molecule has 0 atom stereocenters. The summed E-state index contributed by atoms with van der Waals surface area (Å²) in [5.74, 6) is 4.65. The predicted molar refractivity (Wildman–Crippen MR) is 81.2 cm³/mol. The van der Waals surface area contributed by atoms with Gasteiger partial charge in [0.1, 0.15) is 29.0 Å². The van der Waals surface area contributed by atoms with Crippen LogP contribution in [0.25, 0.3) is 0 Å². The van der Waals surface area contributed by atoms with Gasteiger partial charge in [-0.05, 0) is 26.0 Å². The van der Waals surface area contributed by atoms with Gasteiger partial charge in [0, 0.05) is 18.5 Å². The third-order valence-electron chi connectivity index (χ3n) is 3.14. The van der Waals surface area contributed by atoms with Crippen LogP contribution in [-0.2, 0) is 6.54 Å². The highest BCUT2D eigenvalue weighted by atomic mass is 16.3. The summed E-state index contributed by atoms with van der Waals surface area (Å²) in [5, 5.41) is 6.45. The van der Waals surface area contributed by atoms with Gasteiger partial charge in [0.05, 0.1) is 6.54 Å². The molecule has 0 aromatic carbocycles. The van der Waals surface area contributed by atoms with Gasteiger partial charge >= 0.3 is 0 Å². The maximum atomic E-state index is 5.56. The van der Waals surface area contributed by atoms with E-state index in [1.54, 1.807) is 0 Å². The molecule has 2 heterocycles. The molecule has 0 amide bonds. The molecule has 5 nitrogen and oxygen atoms in total. The number of aromatic nitrogens is 2. The molecule has 5 heteroatoms. The zero-order valence-corrected chi connectivity index (χ0v) is 12.7. The average molecular weight is 274 g/mol. The van der Waals surface area contributed by atoms with Crippen LogP contribution < -0.4 is 10.6 Å². The molecule has 0 spiro atoms. The van der Waals surface area contributed by atoms with Crippen molar-refractivity contribution >= 4 is 11.6 Å². The highest BCUT2D eigenvalue weighted by molar-refractivity contribution is 5.57. The van der Waals surface area contributed by atoms with E-state index in [-0.39, 0.29) is 5.92 Å². The lowest BCUT2D eigenvalue weighted by atomic mass is 10.2. The maximum Gasteiger partial charge on any atom is 0.135 e. The van der Waals surface area contributed by atoms with Crippen molar-refractivity contribution in [3.8, 4) is 0 Å². The van der Waals surface area contributed by atoms with E-state index >= 15 is 0 Å². The largest absolute Gasteiger partial charge is 0.465 e. The summed E-state index contributed by atoms with van der Waals surface area (Å²) in [6.45, 7) is 8.74. The summed E-state index contributed by atoms with van der Waals surface area (Å²) in [5.41, 5.74) is 1.01. The van der Waals surface area contributed by atoms with E-state index in [2.05, 4.69) is 34.4 Å². The van der Waals surface area contributed by atoms with Crippen LogP contribution in [-0.4, -0.2) is 17.0 Å². The van der Waals surface area contributed by atoms with Gasteiger partial charge in [-0.15, -0.1) is 0 Å². The number of furan rings is 1. The van der Waals surface area contributed by atoms with Crippen LogP contribution >= 0.6 is 0 Å². The molecule has 0 saturated heterocycles. The smallest absolute Gasteiger partial charge is 0.135 e. The molecule has 0 saturated carbocycles. The molecule has 2 N–H and O–H groups in total. The van der Waals surface area contributed by atoms with Gasteiger partial charge in [0.2, 0.25) is 0 Å². The number of hydrogen-bond acceptors (Lipinski definition) is 5. The van der Waals surface area contributed by atoms with Crippen LogP contribution in [0.15, 0.2) is 16.5 Å². The number of rotatable bonds is 5. The molecule has 0 aliphatic carbocycles. The Balaban J connectivity index is 2.23. The topological polar surface area (TPSA) is 63.0 Å². The molecule has 0 bridgehead atoms. The van der Waals surface area contributed by atoms with Gasteiger partial charge in [-0.3, -0.25) is 0 Å². The summed E-state index contributed by atoms with van der Waals surface area (Å²) in [4.78, 5) is 9.12. The SMILES string of the molecule is CNc1nc(C(C)C)nc(NCc2ccc(C)o2)c1C. The summed E-state index contributed by atoms with van der Waals surface area (Å²) in [7, 11) is 1.87. The molecule has 0 aliphatic rings. The summed E-state index contributed by atoms with van der Waals surface area (Å²) >= 11 is 0. The van der Waals surface area contributed by atoms with E-state index in [4.69, 9.17) is 4.42 Å². The first-order valence-corrected chi connectivity index (χ1v) is 6.86. The Kier molecular flexibility index (Phi) is 4.27. The summed E-state index contributed by atoms with van der Waals surface area (Å²) < 4.78 is 5.56. The van der Waals surface area contributed by atoms with Crippen molar-refractivity contribution in [1.29, 1.82) is 0 Å². The minimum atomic E-state index is 0.286. The lowest BCUT2D eigenvalue weighted by Crippen LogP contribution is -2.10. The van der Waals surface area contributed by atoms with Crippen LogP contribution in [0.4, 0.5) is 11.6 Å². The number of anilines is 2. The Morgan fingerprint density at radius 1 is 1.15 bits per heavy atom. The fourth-order valence-electron chi connectivity index (χ4n) is 1.96. The molecule has 2 rings (SSSR count). The number of aryl methyl sites for hydroxylation is 1. The average Bonchev–Trinajstić information content (AvgIpc) is 2.83. The second kappa shape index (κ2) is 5.94. The van der Waals surface area contributed by atoms with E-state index in [0.29, 0.717) is 6.54 Å². The monoisotopic (exact) mass is 274 g/mol. The molecule has 20 heavy (non-hydrogen) atoms. The lowest BCUT2D eigenvalue weighted by Gasteiger charge is -2.14. The molecule has 2 aromatic heterocycles. The van der Waals surface area contributed by atoms with Gasteiger partial charge < -0.3 is 15.1 Å². The number of nitrogens with zero attached hydrogens (tertiary/aromatic N) is 2. The maximum absolute atomic E-state index is 5.56. The summed E-state index contributed by atoms with van der Waals surface area (Å²) in [6, 6.07) is 3.93. The lowest BCUT2D eigenvalue weighted by molar-refractivity contribution is 0.490. The molecular formula is C15H22N4O. The fourth-order valence-corrected chi connectivity index (χ4v) is 1.96. The molecule has 0 fully saturated rings. The van der Waals surface area contributed by atoms with Gasteiger partial charge in [0.25, 0.3) is 0 Å². The van der Waals surface area contributed by atoms with Crippen LogP contribution in [0.2, 0.25) is 0 Å². The van der Waals surface area contributed by atoms with Crippen LogP contribution in [0.3, 0.4) is 0 Å². The van der Waals surface area contributed by atoms with Crippen LogP contribution in [0.1, 0.15) is 42.7 Å². The first-order valence-electron chi connectivity index (χ1n) is 6.86. The Morgan fingerprint density at radius 3 is 2.40 bits per heavy atom. The fraction of sp³-hybridized carbons (Fsp3) is 0.467. The third kappa shape index (κ3) is 3.10. The quantitative estimate of drug-likeness (QED) is 0.874. The number of nitrogens with one attached hydrogen (secondary N) is 2. The third-order valence-corrected chi connectivity index (χ3v) is 3.14. The standard InChI is InChI=1S/C15H22N4O/c1-9(2)13-18-14(16-5)11(4)15(19-13)17-8-12-7-6-10(3)20-12/h6-7,9H,8H2,1-5H3,(H2,16,17,18,19). The zero-order chi connectivity index (χ0) is 14.7. The molecular weight excluding hydrogens is 252 g/mol. The van der Waals surface area contributed by atoms with E-state index in [1.807, 2.05) is 33.0 Å². The second-order valence-corrected chi connectivity index (χ2v) is 5.17. The van der Waals surface area contributed by atoms with E-state index in [0.717, 1.165) is 34.5 Å². The van der Waals surface area contributed by atoms with Gasteiger partial charge in [-0.25, -0.2) is 9.97 Å². The summed E-state index contributed by atoms with van der Waals surface area (Å²) in [6.07, 6.45) is 0. The molecule has 108 valence electrons. The Labute approximate surface area is 119 Å². The zero-order valence-electron chi connectivity index (χ0n) is 12.7.